The number of carbonyl (C=O) groups is 2. The highest BCUT2D eigenvalue weighted by Gasteiger charge is 2.30. The van der Waals surface area contributed by atoms with Crippen molar-refractivity contribution in [2.24, 2.45) is 5.92 Å². The van der Waals surface area contributed by atoms with Crippen molar-refractivity contribution in [1.29, 1.82) is 0 Å². The predicted octanol–water partition coefficient (Wildman–Crippen LogP) is 2.19. The summed E-state index contributed by atoms with van der Waals surface area (Å²) in [6.07, 6.45) is 0.501. The highest BCUT2D eigenvalue weighted by molar-refractivity contribution is 5.87. The monoisotopic (exact) mass is 263 g/mol. The Morgan fingerprint density at radius 2 is 1.84 bits per heavy atom. The maximum atomic E-state index is 12.2. The summed E-state index contributed by atoms with van der Waals surface area (Å²) < 4.78 is 0. The van der Waals surface area contributed by atoms with Crippen LogP contribution >= 0.6 is 0 Å². The molecule has 1 unspecified atom stereocenters. The van der Waals surface area contributed by atoms with E-state index in [4.69, 9.17) is 5.11 Å². The van der Waals surface area contributed by atoms with Crippen molar-refractivity contribution in [3.63, 3.8) is 0 Å². The first-order chi connectivity index (χ1) is 8.89. The van der Waals surface area contributed by atoms with Gasteiger partial charge < -0.3 is 10.4 Å². The molecule has 1 aromatic rings. The molecule has 0 aliphatic rings. The minimum Gasteiger partial charge on any atom is -0.481 e. The Kier molecular flexibility index (Phi) is 5.10. The molecule has 0 bridgehead atoms. The number of carboxylic acid groups (broad SMARTS) is 1. The van der Waals surface area contributed by atoms with Gasteiger partial charge in [-0.25, -0.2) is 0 Å². The summed E-state index contributed by atoms with van der Waals surface area (Å²) in [5.74, 6) is -1.56. The van der Waals surface area contributed by atoms with Gasteiger partial charge in [0.1, 0.15) is 0 Å². The van der Waals surface area contributed by atoms with E-state index >= 15 is 0 Å². The number of aliphatic carboxylic acids is 1. The quantitative estimate of drug-likeness (QED) is 0.826. The molecule has 19 heavy (non-hydrogen) atoms. The third-order valence-corrected chi connectivity index (χ3v) is 3.41. The van der Waals surface area contributed by atoms with E-state index in [1.807, 2.05) is 44.2 Å². The number of hydrogen-bond donors (Lipinski definition) is 2. The largest absolute Gasteiger partial charge is 0.481 e. The lowest BCUT2D eigenvalue weighted by Gasteiger charge is -2.25. The van der Waals surface area contributed by atoms with E-state index in [9.17, 15) is 9.59 Å². The molecule has 0 fully saturated rings. The van der Waals surface area contributed by atoms with Crippen LogP contribution < -0.4 is 5.32 Å². The van der Waals surface area contributed by atoms with Crippen LogP contribution in [0, 0.1) is 5.92 Å². The molecule has 0 aliphatic carbocycles. The Hall–Kier alpha value is -1.84. The molecule has 4 heteroatoms. The van der Waals surface area contributed by atoms with Gasteiger partial charge in [0.2, 0.25) is 5.91 Å². The van der Waals surface area contributed by atoms with Crippen LogP contribution in [-0.4, -0.2) is 23.5 Å². The molecular weight excluding hydrogens is 242 g/mol. The number of nitrogens with one attached hydrogen (secondary N) is 1. The van der Waals surface area contributed by atoms with Crippen molar-refractivity contribution in [1.82, 2.24) is 5.32 Å². The molecule has 104 valence electrons. The van der Waals surface area contributed by atoms with Gasteiger partial charge in [0.25, 0.3) is 0 Å². The molecule has 0 heterocycles. The molecule has 4 nitrogen and oxygen atoms in total. The van der Waals surface area contributed by atoms with Gasteiger partial charge in [-0.3, -0.25) is 9.59 Å². The smallest absolute Gasteiger partial charge is 0.308 e. The van der Waals surface area contributed by atoms with Crippen LogP contribution in [0.2, 0.25) is 0 Å². The molecule has 1 rings (SSSR count). The van der Waals surface area contributed by atoms with E-state index in [-0.39, 0.29) is 12.5 Å². The SMILES string of the molecule is CCC(CNC(=O)C(C)(C)c1ccccc1)C(=O)O. The summed E-state index contributed by atoms with van der Waals surface area (Å²) >= 11 is 0. The maximum absolute atomic E-state index is 12.2. The van der Waals surface area contributed by atoms with Crippen LogP contribution in [0.1, 0.15) is 32.8 Å². The Morgan fingerprint density at radius 3 is 2.32 bits per heavy atom. The Bertz CT molecular complexity index is 440. The predicted molar refractivity (Wildman–Crippen MR) is 73.9 cm³/mol. The van der Waals surface area contributed by atoms with Gasteiger partial charge >= 0.3 is 5.97 Å². The van der Waals surface area contributed by atoms with E-state index < -0.39 is 17.3 Å². The third-order valence-electron chi connectivity index (χ3n) is 3.41. The number of amides is 1. The average molecular weight is 263 g/mol. The fraction of sp³-hybridized carbons (Fsp3) is 0.467. The maximum Gasteiger partial charge on any atom is 0.308 e. The fourth-order valence-corrected chi connectivity index (χ4v) is 1.83. The van der Waals surface area contributed by atoms with Crippen molar-refractivity contribution in [3.05, 3.63) is 35.9 Å². The topological polar surface area (TPSA) is 66.4 Å². The highest BCUT2D eigenvalue weighted by atomic mass is 16.4. The van der Waals surface area contributed by atoms with E-state index in [0.29, 0.717) is 6.42 Å². The molecule has 1 atom stereocenters. The second kappa shape index (κ2) is 6.36. The highest BCUT2D eigenvalue weighted by Crippen LogP contribution is 2.23. The number of benzene rings is 1. The molecule has 1 amide bonds. The van der Waals surface area contributed by atoms with Crippen molar-refractivity contribution in [2.75, 3.05) is 6.54 Å². The Labute approximate surface area is 113 Å². The average Bonchev–Trinajstić information content (AvgIpc) is 2.39. The van der Waals surface area contributed by atoms with Crippen molar-refractivity contribution >= 4 is 11.9 Å². The second-order valence-electron chi connectivity index (χ2n) is 5.14. The molecule has 0 aliphatic heterocycles. The van der Waals surface area contributed by atoms with Gasteiger partial charge in [-0.1, -0.05) is 37.3 Å². The summed E-state index contributed by atoms with van der Waals surface area (Å²) in [7, 11) is 0. The Balaban J connectivity index is 2.70. The standard InChI is InChI=1S/C15H21NO3/c1-4-11(13(17)18)10-16-14(19)15(2,3)12-8-6-5-7-9-12/h5-9,11H,4,10H2,1-3H3,(H,16,19)(H,17,18). The van der Waals surface area contributed by atoms with Crippen LogP contribution in [-0.2, 0) is 15.0 Å². The van der Waals surface area contributed by atoms with Gasteiger partial charge in [0, 0.05) is 6.54 Å². The zero-order valence-corrected chi connectivity index (χ0v) is 11.6. The van der Waals surface area contributed by atoms with Crippen LogP contribution in [0.15, 0.2) is 30.3 Å². The minimum absolute atomic E-state index is 0.154. The fourth-order valence-electron chi connectivity index (χ4n) is 1.83. The van der Waals surface area contributed by atoms with E-state index in [1.165, 1.54) is 0 Å². The number of carbonyl (C=O) groups excluding carboxylic acids is 1. The first-order valence-electron chi connectivity index (χ1n) is 6.46. The summed E-state index contributed by atoms with van der Waals surface area (Å²) in [6, 6.07) is 9.46. The normalized spacial score (nSPS) is 12.8. The zero-order chi connectivity index (χ0) is 14.5. The lowest BCUT2D eigenvalue weighted by molar-refractivity contribution is -0.141. The second-order valence-corrected chi connectivity index (χ2v) is 5.14. The molecule has 0 aromatic heterocycles. The summed E-state index contributed by atoms with van der Waals surface area (Å²) in [4.78, 5) is 23.1. The number of carboxylic acids is 1. The van der Waals surface area contributed by atoms with E-state index in [1.54, 1.807) is 6.92 Å². The lowest BCUT2D eigenvalue weighted by Crippen LogP contribution is -2.43. The van der Waals surface area contributed by atoms with Crippen molar-refractivity contribution in [3.8, 4) is 0 Å². The molecule has 0 saturated heterocycles. The van der Waals surface area contributed by atoms with Crippen LogP contribution in [0.4, 0.5) is 0 Å². The van der Waals surface area contributed by atoms with Crippen molar-refractivity contribution < 1.29 is 14.7 Å². The first kappa shape index (κ1) is 15.2. The number of hydrogen-bond acceptors (Lipinski definition) is 2. The molecular formula is C15H21NO3. The number of rotatable bonds is 6. The van der Waals surface area contributed by atoms with Crippen LogP contribution in [0.25, 0.3) is 0 Å². The summed E-state index contributed by atoms with van der Waals surface area (Å²) in [5.41, 5.74) is 0.244. The first-order valence-corrected chi connectivity index (χ1v) is 6.46. The Morgan fingerprint density at radius 1 is 1.26 bits per heavy atom. The van der Waals surface area contributed by atoms with Crippen LogP contribution in [0.5, 0.6) is 0 Å². The van der Waals surface area contributed by atoms with E-state index in [0.717, 1.165) is 5.56 Å². The molecule has 0 saturated carbocycles. The molecule has 2 N–H and O–H groups in total. The third kappa shape index (κ3) is 3.81. The van der Waals surface area contributed by atoms with Crippen molar-refractivity contribution in [2.45, 2.75) is 32.6 Å². The van der Waals surface area contributed by atoms with Gasteiger partial charge in [-0.2, -0.15) is 0 Å². The van der Waals surface area contributed by atoms with Gasteiger partial charge in [0.15, 0.2) is 0 Å². The minimum atomic E-state index is -0.875. The van der Waals surface area contributed by atoms with Gasteiger partial charge in [-0.15, -0.1) is 0 Å². The lowest BCUT2D eigenvalue weighted by atomic mass is 9.83. The molecule has 0 radical (unpaired) electrons. The van der Waals surface area contributed by atoms with Gasteiger partial charge in [-0.05, 0) is 25.8 Å². The summed E-state index contributed by atoms with van der Waals surface area (Å²) in [5, 5.41) is 11.7. The van der Waals surface area contributed by atoms with Gasteiger partial charge in [0.05, 0.1) is 11.3 Å². The molecule has 1 aromatic carbocycles. The molecule has 0 spiro atoms. The zero-order valence-electron chi connectivity index (χ0n) is 11.6. The van der Waals surface area contributed by atoms with Crippen LogP contribution in [0.3, 0.4) is 0 Å². The van der Waals surface area contributed by atoms with E-state index in [2.05, 4.69) is 5.32 Å². The summed E-state index contributed by atoms with van der Waals surface area (Å²) in [6.45, 7) is 5.63.